The van der Waals surface area contributed by atoms with Gasteiger partial charge in [0.05, 0.1) is 16.0 Å². The molecule has 106 valence electrons. The fourth-order valence-corrected chi connectivity index (χ4v) is 2.81. The van der Waals surface area contributed by atoms with Crippen molar-refractivity contribution in [2.75, 3.05) is 5.32 Å². The Morgan fingerprint density at radius 3 is 2.50 bits per heavy atom. The molecule has 1 aromatic carbocycles. The van der Waals surface area contributed by atoms with Gasteiger partial charge in [0.25, 0.3) is 5.69 Å². The van der Waals surface area contributed by atoms with Crippen LogP contribution in [0.1, 0.15) is 44.2 Å². The number of nitrogens with one attached hydrogen (secondary N) is 1. The van der Waals surface area contributed by atoms with Gasteiger partial charge in [0.2, 0.25) is 5.91 Å². The standard InChI is InChI=1S/C13H12N2O3.C2H6/c1-2-8-6-9(15(17)18)7-10-11(8)14-12(16)13(10)4-3-5-13;1-2/h2,6-7H,1,3-5H2,(H,14,16);1-2H3. The molecule has 3 rings (SSSR count). The molecule has 1 amide bonds. The first-order valence-corrected chi connectivity index (χ1v) is 6.85. The monoisotopic (exact) mass is 274 g/mol. The lowest BCUT2D eigenvalue weighted by molar-refractivity contribution is -0.384. The van der Waals surface area contributed by atoms with Crippen LogP contribution in [0.5, 0.6) is 0 Å². The molecule has 1 N–H and O–H groups in total. The van der Waals surface area contributed by atoms with Gasteiger partial charge in [0.15, 0.2) is 0 Å². The minimum absolute atomic E-state index is 0.0198. The van der Waals surface area contributed by atoms with Crippen LogP contribution in [0.2, 0.25) is 0 Å². The highest BCUT2D eigenvalue weighted by Crippen LogP contribution is 2.52. The third-order valence-electron chi connectivity index (χ3n) is 3.98. The number of hydrogen-bond donors (Lipinski definition) is 1. The van der Waals surface area contributed by atoms with Crippen LogP contribution in [0.3, 0.4) is 0 Å². The Morgan fingerprint density at radius 2 is 2.05 bits per heavy atom. The van der Waals surface area contributed by atoms with Crippen molar-refractivity contribution in [3.05, 3.63) is 40.0 Å². The minimum Gasteiger partial charge on any atom is -0.324 e. The summed E-state index contributed by atoms with van der Waals surface area (Å²) in [4.78, 5) is 22.6. The summed E-state index contributed by atoms with van der Waals surface area (Å²) in [6, 6.07) is 2.98. The van der Waals surface area contributed by atoms with Crippen LogP contribution in [-0.2, 0) is 10.2 Å². The molecular formula is C15H18N2O3. The average Bonchev–Trinajstić information content (AvgIpc) is 2.71. The average molecular weight is 274 g/mol. The maximum Gasteiger partial charge on any atom is 0.270 e. The van der Waals surface area contributed by atoms with Crippen LogP contribution in [0, 0.1) is 10.1 Å². The zero-order valence-corrected chi connectivity index (χ0v) is 11.7. The van der Waals surface area contributed by atoms with Crippen molar-refractivity contribution in [3.63, 3.8) is 0 Å². The van der Waals surface area contributed by atoms with Gasteiger partial charge in [-0.15, -0.1) is 0 Å². The largest absolute Gasteiger partial charge is 0.324 e. The van der Waals surface area contributed by atoms with Crippen molar-refractivity contribution < 1.29 is 9.72 Å². The summed E-state index contributed by atoms with van der Waals surface area (Å²) >= 11 is 0. The van der Waals surface area contributed by atoms with E-state index in [0.717, 1.165) is 24.8 Å². The number of rotatable bonds is 2. The number of benzene rings is 1. The van der Waals surface area contributed by atoms with Crippen LogP contribution < -0.4 is 5.32 Å². The Kier molecular flexibility index (Phi) is 3.61. The highest BCUT2D eigenvalue weighted by molar-refractivity contribution is 6.09. The molecule has 0 radical (unpaired) electrons. The van der Waals surface area contributed by atoms with E-state index in [1.165, 1.54) is 12.1 Å². The summed E-state index contributed by atoms with van der Waals surface area (Å²) < 4.78 is 0. The van der Waals surface area contributed by atoms with Gasteiger partial charge >= 0.3 is 0 Å². The number of nitro benzene ring substituents is 1. The van der Waals surface area contributed by atoms with Crippen molar-refractivity contribution >= 4 is 23.4 Å². The third-order valence-corrected chi connectivity index (χ3v) is 3.98. The minimum atomic E-state index is -0.529. The first-order valence-electron chi connectivity index (χ1n) is 6.85. The number of nitro groups is 1. The Hall–Kier alpha value is -2.17. The predicted molar refractivity (Wildman–Crippen MR) is 78.7 cm³/mol. The molecule has 5 nitrogen and oxygen atoms in total. The Balaban J connectivity index is 0.000000704. The summed E-state index contributed by atoms with van der Waals surface area (Å²) in [7, 11) is 0. The molecule has 0 aromatic heterocycles. The maximum absolute atomic E-state index is 12.1. The molecule has 1 aliphatic heterocycles. The van der Waals surface area contributed by atoms with E-state index < -0.39 is 10.3 Å². The Bertz CT molecular complexity index is 589. The van der Waals surface area contributed by atoms with E-state index in [1.807, 2.05) is 13.8 Å². The molecule has 5 heteroatoms. The number of nitrogens with zero attached hydrogens (tertiary/aromatic N) is 1. The van der Waals surface area contributed by atoms with Crippen LogP contribution in [0.25, 0.3) is 6.08 Å². The molecule has 20 heavy (non-hydrogen) atoms. The highest BCUT2D eigenvalue weighted by atomic mass is 16.6. The lowest BCUT2D eigenvalue weighted by atomic mass is 9.65. The molecule has 0 unspecified atom stereocenters. The topological polar surface area (TPSA) is 72.2 Å². The number of carbonyl (C=O) groups is 1. The normalized spacial score (nSPS) is 17.4. The zero-order valence-electron chi connectivity index (χ0n) is 11.7. The summed E-state index contributed by atoms with van der Waals surface area (Å²) in [5.74, 6) is -0.0349. The van der Waals surface area contributed by atoms with E-state index in [1.54, 1.807) is 6.08 Å². The van der Waals surface area contributed by atoms with Crippen molar-refractivity contribution in [1.82, 2.24) is 0 Å². The summed E-state index contributed by atoms with van der Waals surface area (Å²) in [6.45, 7) is 7.65. The SMILES string of the molecule is C=Cc1cc([N+](=O)[O-])cc2c1NC(=O)C21CCC1.CC. The molecule has 1 aliphatic carbocycles. The summed E-state index contributed by atoms with van der Waals surface area (Å²) in [5.41, 5.74) is 1.57. The van der Waals surface area contributed by atoms with E-state index in [-0.39, 0.29) is 11.6 Å². The fourth-order valence-electron chi connectivity index (χ4n) is 2.81. The predicted octanol–water partition coefficient (Wildman–Crippen LogP) is 3.64. The van der Waals surface area contributed by atoms with Crippen LogP contribution in [0.15, 0.2) is 18.7 Å². The molecule has 1 aromatic rings. The molecular weight excluding hydrogens is 256 g/mol. The van der Waals surface area contributed by atoms with Crippen molar-refractivity contribution in [1.29, 1.82) is 0 Å². The van der Waals surface area contributed by atoms with Crippen LogP contribution >= 0.6 is 0 Å². The molecule has 1 saturated carbocycles. The van der Waals surface area contributed by atoms with E-state index in [4.69, 9.17) is 0 Å². The smallest absolute Gasteiger partial charge is 0.270 e. The first kappa shape index (κ1) is 14.2. The van der Waals surface area contributed by atoms with Gasteiger partial charge in [-0.05, 0) is 18.4 Å². The fraction of sp³-hybridized carbons (Fsp3) is 0.400. The van der Waals surface area contributed by atoms with Gasteiger partial charge in [-0.2, -0.15) is 0 Å². The van der Waals surface area contributed by atoms with Crippen molar-refractivity contribution in [2.24, 2.45) is 0 Å². The third kappa shape index (κ3) is 1.81. The molecule has 0 saturated heterocycles. The molecule has 2 aliphatic rings. The van der Waals surface area contributed by atoms with Crippen molar-refractivity contribution in [3.8, 4) is 0 Å². The second-order valence-electron chi connectivity index (χ2n) is 4.81. The zero-order chi connectivity index (χ0) is 14.9. The quantitative estimate of drug-likeness (QED) is 0.661. The first-order chi connectivity index (χ1) is 9.58. The number of anilines is 1. The van der Waals surface area contributed by atoms with Gasteiger partial charge in [-0.25, -0.2) is 0 Å². The second kappa shape index (κ2) is 5.07. The van der Waals surface area contributed by atoms with Gasteiger partial charge in [-0.3, -0.25) is 14.9 Å². The number of hydrogen-bond acceptors (Lipinski definition) is 3. The second-order valence-corrected chi connectivity index (χ2v) is 4.81. The molecule has 1 spiro atoms. The number of non-ortho nitro benzene ring substituents is 1. The van der Waals surface area contributed by atoms with Crippen LogP contribution in [0.4, 0.5) is 11.4 Å². The van der Waals surface area contributed by atoms with Gasteiger partial charge in [-0.1, -0.05) is 32.9 Å². The Morgan fingerprint density at radius 1 is 1.40 bits per heavy atom. The van der Waals surface area contributed by atoms with E-state index in [2.05, 4.69) is 11.9 Å². The highest BCUT2D eigenvalue weighted by Gasteiger charge is 2.52. The maximum atomic E-state index is 12.1. The number of carbonyl (C=O) groups excluding carboxylic acids is 1. The summed E-state index contributed by atoms with van der Waals surface area (Å²) in [6.07, 6.45) is 4.07. The molecule has 1 heterocycles. The molecule has 0 atom stereocenters. The lowest BCUT2D eigenvalue weighted by Gasteiger charge is -2.35. The van der Waals surface area contributed by atoms with E-state index >= 15 is 0 Å². The molecule has 0 bridgehead atoms. The summed E-state index contributed by atoms with van der Waals surface area (Å²) in [5, 5.41) is 13.8. The molecule has 1 fully saturated rings. The van der Waals surface area contributed by atoms with E-state index in [9.17, 15) is 14.9 Å². The van der Waals surface area contributed by atoms with E-state index in [0.29, 0.717) is 11.3 Å². The van der Waals surface area contributed by atoms with Gasteiger partial charge < -0.3 is 5.32 Å². The lowest BCUT2D eigenvalue weighted by Crippen LogP contribution is -2.40. The van der Waals surface area contributed by atoms with Gasteiger partial charge in [0, 0.05) is 17.7 Å². The number of amides is 1. The Labute approximate surface area is 117 Å². The van der Waals surface area contributed by atoms with Crippen molar-refractivity contribution in [2.45, 2.75) is 38.5 Å². The van der Waals surface area contributed by atoms with Crippen LogP contribution in [-0.4, -0.2) is 10.8 Å². The van der Waals surface area contributed by atoms with Gasteiger partial charge in [0.1, 0.15) is 0 Å². The number of fused-ring (bicyclic) bond motifs is 2.